The van der Waals surface area contributed by atoms with Crippen molar-refractivity contribution in [2.24, 2.45) is 0 Å². The van der Waals surface area contributed by atoms with Crippen molar-refractivity contribution in [3.63, 3.8) is 0 Å². The zero-order chi connectivity index (χ0) is 18.9. The Labute approximate surface area is 150 Å². The summed E-state index contributed by atoms with van der Waals surface area (Å²) in [5, 5.41) is 2.74. The van der Waals surface area contributed by atoms with E-state index < -0.39 is 18.8 Å². The summed E-state index contributed by atoms with van der Waals surface area (Å²) in [4.78, 5) is 11.9. The van der Waals surface area contributed by atoms with Crippen molar-refractivity contribution in [1.82, 2.24) is 0 Å². The molecular weight excluding hydrogens is 317 g/mol. The summed E-state index contributed by atoms with van der Waals surface area (Å²) >= 11 is 0. The quantitative estimate of drug-likeness (QED) is 0.809. The largest absolute Gasteiger partial charge is 0.487 e. The van der Waals surface area contributed by atoms with Crippen molar-refractivity contribution >= 4 is 25.0 Å². The number of rotatable bonds is 3. The van der Waals surface area contributed by atoms with Crippen LogP contribution in [0.5, 0.6) is 0 Å². The Morgan fingerprint density at radius 2 is 1.76 bits per heavy atom. The molecule has 6 heteroatoms. The first kappa shape index (κ1) is 19.5. The van der Waals surface area contributed by atoms with Crippen molar-refractivity contribution in [2.75, 3.05) is 5.32 Å². The maximum atomic E-state index is 11.9. The molecule has 1 aromatic carbocycles. The molecule has 0 spiro atoms. The Morgan fingerprint density at radius 1 is 1.16 bits per heavy atom. The number of carbonyl (C=O) groups excluding carboxylic acids is 1. The molecule has 1 saturated heterocycles. The fourth-order valence-corrected chi connectivity index (χ4v) is 2.30. The summed E-state index contributed by atoms with van der Waals surface area (Å²) in [6, 6.07) is 7.50. The monoisotopic (exact) mass is 345 g/mol. The molecule has 1 aliphatic heterocycles. The molecule has 0 saturated carbocycles. The van der Waals surface area contributed by atoms with Crippen molar-refractivity contribution in [3.05, 3.63) is 35.8 Å². The van der Waals surface area contributed by atoms with Crippen LogP contribution in [0.25, 0.3) is 6.08 Å². The summed E-state index contributed by atoms with van der Waals surface area (Å²) in [7, 11) is -0.396. The second-order valence-corrected chi connectivity index (χ2v) is 8.24. The van der Waals surface area contributed by atoms with Crippen molar-refractivity contribution in [2.45, 2.75) is 65.3 Å². The van der Waals surface area contributed by atoms with Crippen molar-refractivity contribution in [3.8, 4) is 0 Å². The van der Waals surface area contributed by atoms with Crippen LogP contribution in [0.2, 0.25) is 0 Å². The third kappa shape index (κ3) is 5.34. The first-order valence-corrected chi connectivity index (χ1v) is 8.52. The predicted octanol–water partition coefficient (Wildman–Crippen LogP) is 4.68. The van der Waals surface area contributed by atoms with Crippen LogP contribution >= 0.6 is 0 Å². The topological polar surface area (TPSA) is 56.8 Å². The molecular formula is C19H28BNO4. The number of benzene rings is 1. The fraction of sp³-hybridized carbons (Fsp3) is 0.526. The van der Waals surface area contributed by atoms with E-state index in [0.29, 0.717) is 5.69 Å². The van der Waals surface area contributed by atoms with Gasteiger partial charge < -0.3 is 14.0 Å². The number of hydrogen-bond donors (Lipinski definition) is 1. The number of anilines is 1. The van der Waals surface area contributed by atoms with E-state index in [0.717, 1.165) is 5.56 Å². The van der Waals surface area contributed by atoms with Gasteiger partial charge in [0, 0.05) is 5.69 Å². The molecule has 25 heavy (non-hydrogen) atoms. The van der Waals surface area contributed by atoms with Gasteiger partial charge in [0.2, 0.25) is 0 Å². The number of hydrogen-bond acceptors (Lipinski definition) is 4. The summed E-state index contributed by atoms with van der Waals surface area (Å²) in [6.07, 6.45) is 1.45. The van der Waals surface area contributed by atoms with Crippen LogP contribution in [0, 0.1) is 0 Å². The third-order valence-electron chi connectivity index (χ3n) is 4.25. The van der Waals surface area contributed by atoms with Crippen LogP contribution in [0.15, 0.2) is 30.2 Å². The van der Waals surface area contributed by atoms with E-state index in [-0.39, 0.29) is 11.2 Å². The second kappa shape index (κ2) is 6.85. The van der Waals surface area contributed by atoms with E-state index >= 15 is 0 Å². The molecule has 1 fully saturated rings. The second-order valence-electron chi connectivity index (χ2n) is 8.24. The van der Waals surface area contributed by atoms with Crippen molar-refractivity contribution < 1.29 is 18.8 Å². The van der Waals surface area contributed by atoms with Gasteiger partial charge in [0.15, 0.2) is 0 Å². The van der Waals surface area contributed by atoms with Gasteiger partial charge in [0.25, 0.3) is 0 Å². The summed E-state index contributed by atoms with van der Waals surface area (Å²) in [6.45, 7) is 13.6. The molecule has 1 amide bonds. The first-order chi connectivity index (χ1) is 11.4. The molecule has 5 nitrogen and oxygen atoms in total. The van der Waals surface area contributed by atoms with Crippen LogP contribution < -0.4 is 5.32 Å². The minimum atomic E-state index is -0.529. The standard InChI is InChI=1S/C19H28BNO4/c1-17(2,3)23-16(22)21-15-10-8-9-14(13-15)11-12-20-24-18(4,5)19(6,7)25-20/h8-13H,1-7H3,(H,21,22)/b12-11+. The molecule has 1 aromatic rings. The predicted molar refractivity (Wildman–Crippen MR) is 101 cm³/mol. The minimum Gasteiger partial charge on any atom is -0.444 e. The Hall–Kier alpha value is -1.79. The van der Waals surface area contributed by atoms with Gasteiger partial charge in [-0.2, -0.15) is 0 Å². The Kier molecular flexibility index (Phi) is 5.35. The SMILES string of the molecule is CC(C)(C)OC(=O)Nc1cccc(/C=C/B2OC(C)(C)C(C)(C)O2)c1. The zero-order valence-electron chi connectivity index (χ0n) is 16.2. The smallest absolute Gasteiger partial charge is 0.444 e. The summed E-state index contributed by atoms with van der Waals surface area (Å²) < 4.78 is 17.1. The highest BCUT2D eigenvalue weighted by molar-refractivity contribution is 6.52. The molecule has 0 bridgehead atoms. The molecule has 2 rings (SSSR count). The van der Waals surface area contributed by atoms with E-state index in [1.807, 2.05) is 84.8 Å². The molecule has 136 valence electrons. The lowest BCUT2D eigenvalue weighted by Crippen LogP contribution is -2.41. The van der Waals surface area contributed by atoms with E-state index in [4.69, 9.17) is 14.0 Å². The van der Waals surface area contributed by atoms with Gasteiger partial charge in [-0.05, 0) is 66.2 Å². The maximum absolute atomic E-state index is 11.9. The highest BCUT2D eigenvalue weighted by Crippen LogP contribution is 2.37. The number of nitrogens with one attached hydrogen (secondary N) is 1. The van der Waals surface area contributed by atoms with E-state index in [1.54, 1.807) is 0 Å². The third-order valence-corrected chi connectivity index (χ3v) is 4.25. The fourth-order valence-electron chi connectivity index (χ4n) is 2.30. The van der Waals surface area contributed by atoms with E-state index in [9.17, 15) is 4.79 Å². The molecule has 0 radical (unpaired) electrons. The van der Waals surface area contributed by atoms with Gasteiger partial charge >= 0.3 is 13.2 Å². The Morgan fingerprint density at radius 3 is 2.32 bits per heavy atom. The lowest BCUT2D eigenvalue weighted by Gasteiger charge is -2.32. The van der Waals surface area contributed by atoms with Crippen molar-refractivity contribution in [1.29, 1.82) is 0 Å². The summed E-state index contributed by atoms with van der Waals surface area (Å²) in [5.41, 5.74) is 0.358. The van der Waals surface area contributed by atoms with Gasteiger partial charge in [0.1, 0.15) is 5.60 Å². The van der Waals surface area contributed by atoms with Crippen LogP contribution in [-0.2, 0) is 14.0 Å². The lowest BCUT2D eigenvalue weighted by atomic mass is 9.89. The zero-order valence-corrected chi connectivity index (χ0v) is 16.2. The molecule has 0 unspecified atom stereocenters. The van der Waals surface area contributed by atoms with E-state index in [1.165, 1.54) is 0 Å². The minimum absolute atomic E-state index is 0.359. The van der Waals surface area contributed by atoms with Gasteiger partial charge in [-0.1, -0.05) is 24.2 Å². The van der Waals surface area contributed by atoms with Gasteiger partial charge in [-0.25, -0.2) is 4.79 Å². The highest BCUT2D eigenvalue weighted by Gasteiger charge is 2.49. The average molecular weight is 345 g/mol. The van der Waals surface area contributed by atoms with E-state index in [2.05, 4.69) is 5.32 Å². The van der Waals surface area contributed by atoms with Gasteiger partial charge in [0.05, 0.1) is 11.2 Å². The molecule has 1 heterocycles. The highest BCUT2D eigenvalue weighted by atomic mass is 16.7. The number of ether oxygens (including phenoxy) is 1. The number of carbonyl (C=O) groups is 1. The van der Waals surface area contributed by atoms with Crippen LogP contribution in [-0.4, -0.2) is 30.0 Å². The molecule has 1 aliphatic rings. The molecule has 0 atom stereocenters. The molecule has 1 N–H and O–H groups in total. The average Bonchev–Trinajstić information content (AvgIpc) is 2.63. The maximum Gasteiger partial charge on any atom is 0.487 e. The van der Waals surface area contributed by atoms with Crippen LogP contribution in [0.3, 0.4) is 0 Å². The molecule has 0 aliphatic carbocycles. The Bertz CT molecular complexity index is 646. The van der Waals surface area contributed by atoms with Gasteiger partial charge in [-0.15, -0.1) is 0 Å². The normalized spacial score (nSPS) is 19.2. The molecule has 0 aromatic heterocycles. The Balaban J connectivity index is 2.01. The van der Waals surface area contributed by atoms with Gasteiger partial charge in [-0.3, -0.25) is 5.32 Å². The van der Waals surface area contributed by atoms with Crippen LogP contribution in [0.1, 0.15) is 54.0 Å². The summed E-state index contributed by atoms with van der Waals surface area (Å²) in [5.74, 6) is 1.88. The number of amides is 1. The lowest BCUT2D eigenvalue weighted by molar-refractivity contribution is 0.00578. The first-order valence-electron chi connectivity index (χ1n) is 8.52. The van der Waals surface area contributed by atoms with Crippen LogP contribution in [0.4, 0.5) is 10.5 Å².